The molecular weight excluding hydrogens is 313 g/mol. The van der Waals surface area contributed by atoms with E-state index < -0.39 is 11.7 Å². The second kappa shape index (κ2) is 6.35. The summed E-state index contributed by atoms with van der Waals surface area (Å²) in [5.41, 5.74) is 1.19. The number of nitrogen functional groups attached to an aromatic ring is 1. The summed E-state index contributed by atoms with van der Waals surface area (Å²) in [6.45, 7) is 0. The molecule has 0 aliphatic heterocycles. The molecule has 1 aliphatic carbocycles. The summed E-state index contributed by atoms with van der Waals surface area (Å²) < 4.78 is 20.3. The fourth-order valence-corrected chi connectivity index (χ4v) is 2.92. The van der Waals surface area contributed by atoms with E-state index in [1.165, 1.54) is 30.1 Å². The zero-order chi connectivity index (χ0) is 17.3. The Balaban J connectivity index is 1.93. The molecule has 0 fully saturated rings. The number of carbonyl (C=O) groups is 2. The summed E-state index contributed by atoms with van der Waals surface area (Å²) in [6, 6.07) is 4.12. The van der Waals surface area contributed by atoms with Crippen molar-refractivity contribution in [3.8, 4) is 5.75 Å². The molecule has 7 heteroatoms. The average molecular weight is 331 g/mol. The number of halogens is 1. The van der Waals surface area contributed by atoms with E-state index in [2.05, 4.69) is 5.32 Å². The van der Waals surface area contributed by atoms with Crippen LogP contribution in [0.15, 0.2) is 24.4 Å². The monoisotopic (exact) mass is 331 g/mol. The summed E-state index contributed by atoms with van der Waals surface area (Å²) >= 11 is 0. The van der Waals surface area contributed by atoms with Gasteiger partial charge in [-0.3, -0.25) is 14.3 Å². The van der Waals surface area contributed by atoms with Crippen LogP contribution < -0.4 is 15.9 Å². The third-order valence-electron chi connectivity index (χ3n) is 4.15. The number of hydrogen-bond acceptors (Lipinski definition) is 4. The SMILES string of the molecule is COc1ccc(NC(=O)c2cn(N)c3c2C(=O)CCCC3)c(F)c1. The number of nitrogens with zero attached hydrogens (tertiary/aromatic N) is 1. The summed E-state index contributed by atoms with van der Waals surface area (Å²) in [5.74, 6) is 4.95. The van der Waals surface area contributed by atoms with E-state index in [1.807, 2.05) is 0 Å². The van der Waals surface area contributed by atoms with Crippen LogP contribution >= 0.6 is 0 Å². The molecule has 1 aromatic carbocycles. The van der Waals surface area contributed by atoms with E-state index in [-0.39, 0.29) is 17.0 Å². The smallest absolute Gasteiger partial charge is 0.258 e. The predicted molar refractivity (Wildman–Crippen MR) is 87.4 cm³/mol. The highest BCUT2D eigenvalue weighted by Gasteiger charge is 2.27. The molecule has 1 aliphatic rings. The van der Waals surface area contributed by atoms with E-state index in [9.17, 15) is 14.0 Å². The Bertz CT molecular complexity index is 814. The van der Waals surface area contributed by atoms with E-state index in [0.717, 1.165) is 12.8 Å². The van der Waals surface area contributed by atoms with Crippen LogP contribution in [0.25, 0.3) is 0 Å². The first-order chi connectivity index (χ1) is 11.5. The Labute approximate surface area is 138 Å². The first-order valence-corrected chi connectivity index (χ1v) is 7.68. The molecule has 24 heavy (non-hydrogen) atoms. The fourth-order valence-electron chi connectivity index (χ4n) is 2.92. The molecule has 0 radical (unpaired) electrons. The normalized spacial score (nSPS) is 14.0. The molecule has 0 spiro atoms. The molecule has 0 atom stereocenters. The second-order valence-electron chi connectivity index (χ2n) is 5.70. The van der Waals surface area contributed by atoms with Gasteiger partial charge in [0.2, 0.25) is 0 Å². The summed E-state index contributed by atoms with van der Waals surface area (Å²) in [4.78, 5) is 24.8. The number of aromatic nitrogens is 1. The standard InChI is InChI=1S/C17H18FN3O3/c1-24-10-6-7-13(12(18)8-10)20-17(23)11-9-21(19)14-4-2-3-5-15(22)16(11)14/h6-9H,2-5,19H2,1H3,(H,20,23). The van der Waals surface area contributed by atoms with Crippen molar-refractivity contribution in [2.24, 2.45) is 0 Å². The Morgan fingerprint density at radius 1 is 1.33 bits per heavy atom. The van der Waals surface area contributed by atoms with Crippen LogP contribution in [0, 0.1) is 5.82 Å². The van der Waals surface area contributed by atoms with Gasteiger partial charge in [0.1, 0.15) is 11.6 Å². The van der Waals surface area contributed by atoms with E-state index >= 15 is 0 Å². The van der Waals surface area contributed by atoms with Gasteiger partial charge >= 0.3 is 0 Å². The Kier molecular flexibility index (Phi) is 4.24. The minimum Gasteiger partial charge on any atom is -0.497 e. The van der Waals surface area contributed by atoms with Gasteiger partial charge in [-0.1, -0.05) is 0 Å². The number of nitrogens with two attached hydrogens (primary N) is 1. The van der Waals surface area contributed by atoms with Gasteiger partial charge in [-0.15, -0.1) is 0 Å². The van der Waals surface area contributed by atoms with Crippen molar-refractivity contribution < 1.29 is 18.7 Å². The van der Waals surface area contributed by atoms with Gasteiger partial charge < -0.3 is 15.9 Å². The zero-order valence-electron chi connectivity index (χ0n) is 13.3. The molecule has 3 rings (SSSR count). The largest absolute Gasteiger partial charge is 0.497 e. The molecule has 1 heterocycles. The number of rotatable bonds is 3. The van der Waals surface area contributed by atoms with Crippen molar-refractivity contribution in [2.45, 2.75) is 25.7 Å². The number of Topliss-reactive ketones (excluding diaryl/α,β-unsaturated/α-hetero) is 1. The van der Waals surface area contributed by atoms with Gasteiger partial charge in [-0.2, -0.15) is 0 Å². The van der Waals surface area contributed by atoms with Crippen molar-refractivity contribution in [2.75, 3.05) is 18.3 Å². The molecule has 126 valence electrons. The van der Waals surface area contributed by atoms with Gasteiger partial charge in [0.15, 0.2) is 5.78 Å². The van der Waals surface area contributed by atoms with Crippen molar-refractivity contribution in [1.82, 2.24) is 4.68 Å². The number of methoxy groups -OCH3 is 1. The number of benzene rings is 1. The molecule has 0 saturated heterocycles. The number of nitrogens with one attached hydrogen (secondary N) is 1. The number of fused-ring (bicyclic) bond motifs is 1. The maximum atomic E-state index is 14.0. The molecule has 3 N–H and O–H groups in total. The molecule has 1 amide bonds. The van der Waals surface area contributed by atoms with Crippen LogP contribution in [0.4, 0.5) is 10.1 Å². The van der Waals surface area contributed by atoms with Crippen LogP contribution in [0.2, 0.25) is 0 Å². The second-order valence-corrected chi connectivity index (χ2v) is 5.70. The van der Waals surface area contributed by atoms with Crippen molar-refractivity contribution >= 4 is 17.4 Å². The number of amides is 1. The molecule has 2 aromatic rings. The van der Waals surface area contributed by atoms with Crippen LogP contribution in [0.1, 0.15) is 45.7 Å². The number of hydrogen-bond donors (Lipinski definition) is 2. The minimum atomic E-state index is -0.618. The number of carbonyl (C=O) groups excluding carboxylic acids is 2. The summed E-state index contributed by atoms with van der Waals surface area (Å²) in [5, 5.41) is 2.49. The molecule has 6 nitrogen and oxygen atoms in total. The number of ether oxygens (including phenoxy) is 1. The molecule has 0 saturated carbocycles. The van der Waals surface area contributed by atoms with Gasteiger partial charge in [-0.05, 0) is 31.4 Å². The predicted octanol–water partition coefficient (Wildman–Crippen LogP) is 2.51. The van der Waals surface area contributed by atoms with Gasteiger partial charge in [0.05, 0.1) is 29.6 Å². The highest BCUT2D eigenvalue weighted by molar-refractivity contribution is 6.13. The Hall–Kier alpha value is -2.83. The quantitative estimate of drug-likeness (QED) is 0.668. The lowest BCUT2D eigenvalue weighted by atomic mass is 10.0. The molecule has 0 bridgehead atoms. The topological polar surface area (TPSA) is 86.3 Å². The highest BCUT2D eigenvalue weighted by Crippen LogP contribution is 2.26. The number of anilines is 1. The van der Waals surface area contributed by atoms with Gasteiger partial charge in [-0.25, -0.2) is 4.39 Å². The van der Waals surface area contributed by atoms with Crippen molar-refractivity contribution in [3.05, 3.63) is 47.0 Å². The molecule has 0 unspecified atom stereocenters. The van der Waals surface area contributed by atoms with Crippen LogP contribution in [0.5, 0.6) is 5.75 Å². The number of ketones is 1. The van der Waals surface area contributed by atoms with Gasteiger partial charge in [0.25, 0.3) is 5.91 Å². The fraction of sp³-hybridized carbons (Fsp3) is 0.294. The van der Waals surface area contributed by atoms with Crippen LogP contribution in [-0.2, 0) is 6.42 Å². The first kappa shape index (κ1) is 16.0. The van der Waals surface area contributed by atoms with E-state index in [1.54, 1.807) is 6.07 Å². The maximum absolute atomic E-state index is 14.0. The minimum absolute atomic E-state index is 0.0143. The summed E-state index contributed by atoms with van der Waals surface area (Å²) in [6.07, 6.45) is 4.05. The van der Waals surface area contributed by atoms with E-state index in [4.69, 9.17) is 10.6 Å². The van der Waals surface area contributed by atoms with Crippen LogP contribution in [-0.4, -0.2) is 23.5 Å². The van der Waals surface area contributed by atoms with E-state index in [0.29, 0.717) is 29.8 Å². The first-order valence-electron chi connectivity index (χ1n) is 7.68. The lowest BCUT2D eigenvalue weighted by Gasteiger charge is -2.08. The molecular formula is C17H18FN3O3. The highest BCUT2D eigenvalue weighted by atomic mass is 19.1. The van der Waals surface area contributed by atoms with Crippen LogP contribution in [0.3, 0.4) is 0 Å². The lowest BCUT2D eigenvalue weighted by molar-refractivity contribution is 0.0965. The van der Waals surface area contributed by atoms with Crippen molar-refractivity contribution in [3.63, 3.8) is 0 Å². The lowest BCUT2D eigenvalue weighted by Crippen LogP contribution is -2.16. The average Bonchev–Trinajstić information content (AvgIpc) is 2.77. The third kappa shape index (κ3) is 2.84. The Morgan fingerprint density at radius 2 is 2.08 bits per heavy atom. The molecule has 1 aromatic heterocycles. The summed E-state index contributed by atoms with van der Waals surface area (Å²) in [7, 11) is 1.43. The van der Waals surface area contributed by atoms with Gasteiger partial charge in [0, 0.05) is 18.7 Å². The zero-order valence-corrected chi connectivity index (χ0v) is 13.3. The third-order valence-corrected chi connectivity index (χ3v) is 4.15. The maximum Gasteiger partial charge on any atom is 0.258 e. The Morgan fingerprint density at radius 3 is 2.79 bits per heavy atom. The van der Waals surface area contributed by atoms with Crippen molar-refractivity contribution in [1.29, 1.82) is 0 Å².